The van der Waals surface area contributed by atoms with Crippen molar-refractivity contribution in [2.75, 3.05) is 12.4 Å². The SMILES string of the molecule is COc1ccc(CC2=C(Nc3cc(Cl)cc(Cl)c3)c3ccccc3C2=O)cc1. The number of hydrogen-bond donors (Lipinski definition) is 1. The zero-order valence-corrected chi connectivity index (χ0v) is 16.6. The number of fused-ring (bicyclic) bond motifs is 1. The largest absolute Gasteiger partial charge is 0.497 e. The summed E-state index contributed by atoms with van der Waals surface area (Å²) in [5.74, 6) is 0.813. The number of methoxy groups -OCH3 is 1. The van der Waals surface area contributed by atoms with E-state index < -0.39 is 0 Å². The molecule has 0 fully saturated rings. The molecule has 0 unspecified atom stereocenters. The maximum atomic E-state index is 13.1. The van der Waals surface area contributed by atoms with Gasteiger partial charge in [0.05, 0.1) is 12.8 Å². The average molecular weight is 410 g/mol. The van der Waals surface area contributed by atoms with E-state index in [1.54, 1.807) is 25.3 Å². The predicted octanol–water partition coefficient (Wildman–Crippen LogP) is 6.26. The number of benzene rings is 3. The van der Waals surface area contributed by atoms with E-state index in [0.29, 0.717) is 27.6 Å². The summed E-state index contributed by atoms with van der Waals surface area (Å²) in [6, 6.07) is 20.6. The summed E-state index contributed by atoms with van der Waals surface area (Å²) in [5, 5.41) is 4.43. The molecule has 28 heavy (non-hydrogen) atoms. The van der Waals surface area contributed by atoms with E-state index in [-0.39, 0.29) is 5.78 Å². The third kappa shape index (κ3) is 3.64. The standard InChI is InChI=1S/C23H17Cl2NO2/c1-28-18-8-6-14(7-9-18)10-21-22(19-4-2-3-5-20(19)23(21)27)26-17-12-15(24)11-16(25)13-17/h2-9,11-13,26H,10H2,1H3. The quantitative estimate of drug-likeness (QED) is 0.539. The molecule has 0 radical (unpaired) electrons. The van der Waals surface area contributed by atoms with Gasteiger partial charge >= 0.3 is 0 Å². The van der Waals surface area contributed by atoms with Crippen molar-refractivity contribution in [2.24, 2.45) is 0 Å². The number of hydrogen-bond acceptors (Lipinski definition) is 3. The van der Waals surface area contributed by atoms with Crippen LogP contribution in [0.3, 0.4) is 0 Å². The summed E-state index contributed by atoms with van der Waals surface area (Å²) in [4.78, 5) is 13.1. The van der Waals surface area contributed by atoms with Gasteiger partial charge in [0.1, 0.15) is 5.75 Å². The second kappa shape index (κ2) is 7.70. The number of ketones is 1. The van der Waals surface area contributed by atoms with E-state index in [1.807, 2.05) is 48.5 Å². The molecule has 3 aromatic carbocycles. The van der Waals surface area contributed by atoms with E-state index >= 15 is 0 Å². The van der Waals surface area contributed by atoms with Gasteiger partial charge in [-0.15, -0.1) is 0 Å². The lowest BCUT2D eigenvalue weighted by Gasteiger charge is -2.12. The second-order valence-corrected chi connectivity index (χ2v) is 7.41. The van der Waals surface area contributed by atoms with Crippen molar-refractivity contribution in [3.8, 4) is 5.75 Å². The van der Waals surface area contributed by atoms with Gasteiger partial charge in [-0.05, 0) is 35.9 Å². The highest BCUT2D eigenvalue weighted by molar-refractivity contribution is 6.35. The first-order chi connectivity index (χ1) is 13.5. The van der Waals surface area contributed by atoms with Gasteiger partial charge < -0.3 is 10.1 Å². The Balaban J connectivity index is 1.76. The van der Waals surface area contributed by atoms with Gasteiger partial charge in [-0.1, -0.05) is 59.6 Å². The Morgan fingerprint density at radius 3 is 2.18 bits per heavy atom. The Hall–Kier alpha value is -2.75. The van der Waals surface area contributed by atoms with Gasteiger partial charge in [0.15, 0.2) is 5.78 Å². The molecule has 0 saturated heterocycles. The minimum atomic E-state index is 0.0297. The molecular weight excluding hydrogens is 393 g/mol. The molecule has 4 rings (SSSR count). The van der Waals surface area contributed by atoms with E-state index in [4.69, 9.17) is 27.9 Å². The van der Waals surface area contributed by atoms with Crippen molar-refractivity contribution < 1.29 is 9.53 Å². The van der Waals surface area contributed by atoms with Crippen LogP contribution in [-0.4, -0.2) is 12.9 Å². The van der Waals surface area contributed by atoms with Crippen LogP contribution in [0.15, 0.2) is 72.3 Å². The number of Topliss-reactive ketones (excluding diaryl/α,β-unsaturated/α-hetero) is 1. The molecule has 5 heteroatoms. The third-order valence-electron chi connectivity index (χ3n) is 4.69. The molecule has 3 nitrogen and oxygen atoms in total. The molecule has 0 bridgehead atoms. The van der Waals surface area contributed by atoms with Crippen LogP contribution in [0.1, 0.15) is 21.5 Å². The van der Waals surface area contributed by atoms with Crippen LogP contribution in [0, 0.1) is 0 Å². The smallest absolute Gasteiger partial charge is 0.192 e. The lowest BCUT2D eigenvalue weighted by atomic mass is 10.0. The second-order valence-electron chi connectivity index (χ2n) is 6.54. The van der Waals surface area contributed by atoms with Crippen molar-refractivity contribution in [1.29, 1.82) is 0 Å². The Kier molecular flexibility index (Phi) is 5.12. The Labute approximate surface area is 173 Å². The molecule has 140 valence electrons. The first-order valence-corrected chi connectivity index (χ1v) is 9.54. The number of carbonyl (C=O) groups is 1. The van der Waals surface area contributed by atoms with Gasteiger partial charge in [0.2, 0.25) is 0 Å². The number of carbonyl (C=O) groups excluding carboxylic acids is 1. The number of nitrogens with one attached hydrogen (secondary N) is 1. The number of rotatable bonds is 5. The highest BCUT2D eigenvalue weighted by atomic mass is 35.5. The zero-order chi connectivity index (χ0) is 19.7. The summed E-state index contributed by atoms with van der Waals surface area (Å²) in [5.41, 5.74) is 4.84. The van der Waals surface area contributed by atoms with Crippen molar-refractivity contribution in [1.82, 2.24) is 0 Å². The topological polar surface area (TPSA) is 38.3 Å². The van der Waals surface area contributed by atoms with Crippen LogP contribution in [0.2, 0.25) is 10.0 Å². The van der Waals surface area contributed by atoms with Crippen LogP contribution in [0.5, 0.6) is 5.75 Å². The van der Waals surface area contributed by atoms with Crippen LogP contribution < -0.4 is 10.1 Å². The maximum Gasteiger partial charge on any atom is 0.192 e. The lowest BCUT2D eigenvalue weighted by Crippen LogP contribution is -2.05. The van der Waals surface area contributed by atoms with E-state index in [1.165, 1.54) is 0 Å². The molecular formula is C23H17Cl2NO2. The van der Waals surface area contributed by atoms with Crippen LogP contribution in [-0.2, 0) is 6.42 Å². The van der Waals surface area contributed by atoms with Gasteiger partial charge in [0.25, 0.3) is 0 Å². The predicted molar refractivity (Wildman–Crippen MR) is 114 cm³/mol. The Morgan fingerprint density at radius 1 is 0.893 bits per heavy atom. The van der Waals surface area contributed by atoms with E-state index in [9.17, 15) is 4.79 Å². The van der Waals surface area contributed by atoms with Crippen molar-refractivity contribution >= 4 is 40.4 Å². The Bertz CT molecular complexity index is 1070. The summed E-state index contributed by atoms with van der Waals surface area (Å²) >= 11 is 12.3. The fraction of sp³-hybridized carbons (Fsp3) is 0.0870. The maximum absolute atomic E-state index is 13.1. The highest BCUT2D eigenvalue weighted by Crippen LogP contribution is 2.36. The van der Waals surface area contributed by atoms with Crippen LogP contribution in [0.4, 0.5) is 5.69 Å². The molecule has 0 aromatic heterocycles. The summed E-state index contributed by atoms with van der Waals surface area (Å²) in [6.07, 6.45) is 0.508. The molecule has 1 aliphatic carbocycles. The number of ether oxygens (including phenoxy) is 1. The van der Waals surface area contributed by atoms with Gasteiger partial charge in [0, 0.05) is 38.9 Å². The molecule has 0 heterocycles. The first kappa shape index (κ1) is 18.6. The monoisotopic (exact) mass is 409 g/mol. The molecule has 0 spiro atoms. The average Bonchev–Trinajstić information content (AvgIpc) is 2.94. The fourth-order valence-electron chi connectivity index (χ4n) is 3.37. The summed E-state index contributed by atoms with van der Waals surface area (Å²) < 4.78 is 5.22. The van der Waals surface area contributed by atoms with Crippen molar-refractivity contribution in [3.63, 3.8) is 0 Å². The third-order valence-corrected chi connectivity index (χ3v) is 5.13. The fourth-order valence-corrected chi connectivity index (χ4v) is 3.89. The minimum Gasteiger partial charge on any atom is -0.497 e. The number of halogens is 2. The van der Waals surface area contributed by atoms with E-state index in [2.05, 4.69) is 5.32 Å². The first-order valence-electron chi connectivity index (χ1n) is 8.78. The van der Waals surface area contributed by atoms with Crippen molar-refractivity contribution in [2.45, 2.75) is 6.42 Å². The zero-order valence-electron chi connectivity index (χ0n) is 15.1. The molecule has 1 aliphatic rings. The molecule has 0 saturated carbocycles. The molecule has 0 atom stereocenters. The Morgan fingerprint density at radius 2 is 1.54 bits per heavy atom. The summed E-state index contributed by atoms with van der Waals surface area (Å²) in [7, 11) is 1.63. The highest BCUT2D eigenvalue weighted by Gasteiger charge is 2.29. The molecule has 0 amide bonds. The molecule has 3 aromatic rings. The normalized spacial score (nSPS) is 12.9. The van der Waals surface area contributed by atoms with Crippen LogP contribution >= 0.6 is 23.2 Å². The summed E-state index contributed by atoms with van der Waals surface area (Å²) in [6.45, 7) is 0. The number of anilines is 1. The number of allylic oxidation sites excluding steroid dienone is 1. The van der Waals surface area contributed by atoms with E-state index in [0.717, 1.165) is 28.3 Å². The van der Waals surface area contributed by atoms with Gasteiger partial charge in [-0.25, -0.2) is 0 Å². The van der Waals surface area contributed by atoms with Crippen LogP contribution in [0.25, 0.3) is 5.70 Å². The lowest BCUT2D eigenvalue weighted by molar-refractivity contribution is 0.103. The molecule has 0 aliphatic heterocycles. The minimum absolute atomic E-state index is 0.0297. The molecule has 1 N–H and O–H groups in total. The van der Waals surface area contributed by atoms with Gasteiger partial charge in [-0.3, -0.25) is 4.79 Å². The van der Waals surface area contributed by atoms with Gasteiger partial charge in [-0.2, -0.15) is 0 Å². The van der Waals surface area contributed by atoms with Crippen molar-refractivity contribution in [3.05, 3.63) is 99.0 Å².